The van der Waals surface area contributed by atoms with Crippen LogP contribution in [-0.4, -0.2) is 27.6 Å². The first kappa shape index (κ1) is 22.6. The number of carbonyl (C=O) groups excluding carboxylic acids is 1. The molecule has 8 heteroatoms. The van der Waals surface area contributed by atoms with Crippen LogP contribution in [0, 0.1) is 6.92 Å². The lowest BCUT2D eigenvalue weighted by Crippen LogP contribution is -2.24. The van der Waals surface area contributed by atoms with Crippen molar-refractivity contribution in [3.05, 3.63) is 107 Å². The number of hydrogen-bond acceptors (Lipinski definition) is 7. The van der Waals surface area contributed by atoms with Gasteiger partial charge in [0.1, 0.15) is 6.26 Å². The summed E-state index contributed by atoms with van der Waals surface area (Å²) in [7, 11) is 0. The first-order valence-electron chi connectivity index (χ1n) is 11.4. The van der Waals surface area contributed by atoms with Crippen molar-refractivity contribution in [3.8, 4) is 11.5 Å². The van der Waals surface area contributed by atoms with Crippen LogP contribution in [0.3, 0.4) is 0 Å². The molecule has 0 spiro atoms. The van der Waals surface area contributed by atoms with Gasteiger partial charge in [-0.2, -0.15) is 0 Å². The summed E-state index contributed by atoms with van der Waals surface area (Å²) >= 11 is 0. The third kappa shape index (κ3) is 5.85. The minimum atomic E-state index is -0.287. The summed E-state index contributed by atoms with van der Waals surface area (Å²) in [4.78, 5) is 23.3. The molecule has 8 nitrogen and oxygen atoms in total. The van der Waals surface area contributed by atoms with Crippen molar-refractivity contribution >= 4 is 5.91 Å². The van der Waals surface area contributed by atoms with Crippen LogP contribution >= 0.6 is 0 Å². The van der Waals surface area contributed by atoms with E-state index >= 15 is 0 Å². The molecule has 0 aliphatic carbocycles. The summed E-state index contributed by atoms with van der Waals surface area (Å²) in [5.74, 6) is 1.70. The average Bonchev–Trinajstić information content (AvgIpc) is 3.52. The summed E-state index contributed by atoms with van der Waals surface area (Å²) in [6.07, 6.45) is 4.81. The van der Waals surface area contributed by atoms with Gasteiger partial charge in [0.2, 0.25) is 12.7 Å². The van der Waals surface area contributed by atoms with Crippen LogP contribution in [-0.2, 0) is 26.2 Å². The van der Waals surface area contributed by atoms with Crippen LogP contribution in [0.5, 0.6) is 11.5 Å². The maximum Gasteiger partial charge on any atom is 0.273 e. The number of fused-ring (bicyclic) bond motifs is 1. The van der Waals surface area contributed by atoms with Gasteiger partial charge in [0.15, 0.2) is 17.2 Å². The van der Waals surface area contributed by atoms with Gasteiger partial charge in [-0.15, -0.1) is 0 Å². The van der Waals surface area contributed by atoms with Crippen molar-refractivity contribution in [1.82, 2.24) is 20.2 Å². The molecule has 35 heavy (non-hydrogen) atoms. The molecule has 0 saturated carbocycles. The number of aryl methyl sites for hydroxylation is 1. The normalized spacial score (nSPS) is 12.2. The molecule has 2 aromatic carbocycles. The number of hydrogen-bond donors (Lipinski definition) is 1. The molecule has 178 valence electrons. The third-order valence-corrected chi connectivity index (χ3v) is 5.65. The Kier molecular flexibility index (Phi) is 6.72. The van der Waals surface area contributed by atoms with Gasteiger partial charge in [-0.1, -0.05) is 42.0 Å². The van der Waals surface area contributed by atoms with Crippen molar-refractivity contribution in [1.29, 1.82) is 0 Å². The van der Waals surface area contributed by atoms with Crippen molar-refractivity contribution in [2.24, 2.45) is 0 Å². The number of nitrogens with zero attached hydrogens (tertiary/aromatic N) is 3. The van der Waals surface area contributed by atoms with Crippen LogP contribution in [0.25, 0.3) is 0 Å². The van der Waals surface area contributed by atoms with E-state index in [-0.39, 0.29) is 18.4 Å². The fourth-order valence-electron chi connectivity index (χ4n) is 3.99. The molecule has 5 rings (SSSR count). The molecule has 1 N–H and O–H groups in total. The molecule has 0 saturated heterocycles. The van der Waals surface area contributed by atoms with Gasteiger partial charge in [0, 0.05) is 32.0 Å². The Balaban J connectivity index is 1.28. The minimum Gasteiger partial charge on any atom is -0.454 e. The van der Waals surface area contributed by atoms with Crippen molar-refractivity contribution in [2.75, 3.05) is 6.79 Å². The Morgan fingerprint density at radius 3 is 2.63 bits per heavy atom. The van der Waals surface area contributed by atoms with Gasteiger partial charge < -0.3 is 19.2 Å². The van der Waals surface area contributed by atoms with Crippen LogP contribution in [0.4, 0.5) is 0 Å². The highest BCUT2D eigenvalue weighted by Gasteiger charge is 2.18. The second-order valence-electron chi connectivity index (χ2n) is 8.49. The standard InChI is InChI=1S/C27H26N4O4/c1-19-4-2-5-20(10-19)14-31(15-21-7-8-24-25(11-21)35-18-34-24)16-26-30-23(17-33-26)27(32)29-13-22-6-3-9-28-12-22/h2-12,17H,13-16,18H2,1H3,(H,29,32). The van der Waals surface area contributed by atoms with Gasteiger partial charge in [-0.3, -0.25) is 14.7 Å². The highest BCUT2D eigenvalue weighted by Crippen LogP contribution is 2.33. The fourth-order valence-corrected chi connectivity index (χ4v) is 3.99. The Hall–Kier alpha value is -4.17. The van der Waals surface area contributed by atoms with Gasteiger partial charge in [-0.25, -0.2) is 4.98 Å². The number of aromatic nitrogens is 2. The highest BCUT2D eigenvalue weighted by atomic mass is 16.7. The number of carbonyl (C=O) groups is 1. The Morgan fingerprint density at radius 1 is 0.971 bits per heavy atom. The van der Waals surface area contributed by atoms with Gasteiger partial charge in [-0.05, 0) is 41.8 Å². The minimum absolute atomic E-state index is 0.244. The largest absolute Gasteiger partial charge is 0.454 e. The third-order valence-electron chi connectivity index (χ3n) is 5.65. The Labute approximate surface area is 203 Å². The maximum atomic E-state index is 12.6. The summed E-state index contributed by atoms with van der Waals surface area (Å²) in [6, 6.07) is 18.1. The summed E-state index contributed by atoms with van der Waals surface area (Å²) < 4.78 is 16.6. The second kappa shape index (κ2) is 10.4. The van der Waals surface area contributed by atoms with Crippen LogP contribution in [0.2, 0.25) is 0 Å². The summed E-state index contributed by atoms with van der Waals surface area (Å²) in [5, 5.41) is 2.85. The second-order valence-corrected chi connectivity index (χ2v) is 8.49. The Morgan fingerprint density at radius 2 is 1.80 bits per heavy atom. The van der Waals surface area contributed by atoms with Gasteiger partial charge >= 0.3 is 0 Å². The molecular formula is C27H26N4O4. The molecule has 1 aliphatic heterocycles. The molecule has 0 atom stereocenters. The quantitative estimate of drug-likeness (QED) is 0.391. The van der Waals surface area contributed by atoms with Crippen molar-refractivity contribution in [2.45, 2.75) is 33.1 Å². The van der Waals surface area contributed by atoms with Gasteiger partial charge in [0.05, 0.1) is 6.54 Å². The number of nitrogens with one attached hydrogen (secondary N) is 1. The number of rotatable bonds is 9. The molecule has 0 unspecified atom stereocenters. The smallest absolute Gasteiger partial charge is 0.273 e. The predicted molar refractivity (Wildman–Crippen MR) is 129 cm³/mol. The zero-order chi connectivity index (χ0) is 24.0. The van der Waals surface area contributed by atoms with Crippen molar-refractivity contribution in [3.63, 3.8) is 0 Å². The monoisotopic (exact) mass is 470 g/mol. The zero-order valence-corrected chi connectivity index (χ0v) is 19.4. The van der Waals surface area contributed by atoms with E-state index in [1.165, 1.54) is 17.4 Å². The lowest BCUT2D eigenvalue weighted by Gasteiger charge is -2.21. The predicted octanol–water partition coefficient (Wildman–Crippen LogP) is 4.24. The van der Waals surface area contributed by atoms with Crippen LogP contribution < -0.4 is 14.8 Å². The number of pyridine rings is 1. The van der Waals surface area contributed by atoms with E-state index in [1.54, 1.807) is 12.4 Å². The lowest BCUT2D eigenvalue weighted by atomic mass is 10.1. The molecule has 4 aromatic rings. The summed E-state index contributed by atoms with van der Waals surface area (Å²) in [6.45, 7) is 4.48. The van der Waals surface area contributed by atoms with E-state index in [0.717, 1.165) is 22.6 Å². The molecule has 2 aromatic heterocycles. The number of benzene rings is 2. The molecule has 3 heterocycles. The number of oxazole rings is 1. The SMILES string of the molecule is Cc1cccc(CN(Cc2ccc3c(c2)OCO3)Cc2nc(C(=O)NCc3cccnc3)co2)c1. The van der Waals surface area contributed by atoms with E-state index in [1.807, 2.05) is 30.3 Å². The summed E-state index contributed by atoms with van der Waals surface area (Å²) in [5.41, 5.74) is 4.64. The van der Waals surface area contributed by atoms with E-state index in [4.69, 9.17) is 13.9 Å². The van der Waals surface area contributed by atoms with E-state index < -0.39 is 0 Å². The van der Waals surface area contributed by atoms with Crippen LogP contribution in [0.1, 0.15) is 38.6 Å². The highest BCUT2D eigenvalue weighted by molar-refractivity contribution is 5.91. The van der Waals surface area contributed by atoms with Gasteiger partial charge in [0.25, 0.3) is 5.91 Å². The number of ether oxygens (including phenoxy) is 2. The molecule has 0 bridgehead atoms. The molecule has 0 radical (unpaired) electrons. The Bertz CT molecular complexity index is 1310. The lowest BCUT2D eigenvalue weighted by molar-refractivity contribution is 0.0945. The first-order chi connectivity index (χ1) is 17.1. The molecule has 0 fully saturated rings. The van der Waals surface area contributed by atoms with Crippen molar-refractivity contribution < 1.29 is 18.7 Å². The van der Waals surface area contributed by atoms with E-state index in [0.29, 0.717) is 32.1 Å². The first-order valence-corrected chi connectivity index (χ1v) is 11.4. The number of amides is 1. The maximum absolute atomic E-state index is 12.6. The average molecular weight is 471 g/mol. The fraction of sp³-hybridized carbons (Fsp3) is 0.222. The topological polar surface area (TPSA) is 89.7 Å². The molecule has 1 amide bonds. The van der Waals surface area contributed by atoms with E-state index in [9.17, 15) is 4.79 Å². The zero-order valence-electron chi connectivity index (χ0n) is 19.4. The van der Waals surface area contributed by atoms with Crippen LogP contribution in [0.15, 0.2) is 77.7 Å². The van der Waals surface area contributed by atoms with E-state index in [2.05, 4.69) is 51.4 Å². The molecule has 1 aliphatic rings. The molecular weight excluding hydrogens is 444 g/mol.